The zero-order valence-corrected chi connectivity index (χ0v) is 12.9. The predicted octanol–water partition coefficient (Wildman–Crippen LogP) is 4.36. The number of anilines is 2. The van der Waals surface area contributed by atoms with Gasteiger partial charge in [0.2, 0.25) is 0 Å². The number of nitrogens with zero attached hydrogens (tertiary/aromatic N) is 2. The number of aromatic nitrogens is 1. The standard InChI is InChI=1S/C19H15N3O/c1-12-9-19(21-16-6-3-14(11-20)4-7-16)22-18-10-15(13(2)23)5-8-17(12)18/h3-10H,1-2H3,(H,21,22). The van der Waals surface area contributed by atoms with Gasteiger partial charge in [0.15, 0.2) is 5.78 Å². The minimum absolute atomic E-state index is 0.0248. The number of nitriles is 1. The summed E-state index contributed by atoms with van der Waals surface area (Å²) in [4.78, 5) is 16.1. The normalized spacial score (nSPS) is 10.3. The summed E-state index contributed by atoms with van der Waals surface area (Å²) in [6.45, 7) is 3.56. The Hall–Kier alpha value is -3.19. The summed E-state index contributed by atoms with van der Waals surface area (Å²) < 4.78 is 0. The third-order valence-electron chi connectivity index (χ3n) is 3.71. The number of pyridine rings is 1. The first kappa shape index (κ1) is 14.7. The van der Waals surface area contributed by atoms with Crippen LogP contribution >= 0.6 is 0 Å². The van der Waals surface area contributed by atoms with Gasteiger partial charge in [0.1, 0.15) is 5.82 Å². The van der Waals surface area contributed by atoms with E-state index in [4.69, 9.17) is 5.26 Å². The van der Waals surface area contributed by atoms with E-state index < -0.39 is 0 Å². The third-order valence-corrected chi connectivity index (χ3v) is 3.71. The Labute approximate surface area is 134 Å². The fourth-order valence-electron chi connectivity index (χ4n) is 2.46. The Bertz CT molecular complexity index is 937. The summed E-state index contributed by atoms with van der Waals surface area (Å²) in [5, 5.41) is 13.1. The smallest absolute Gasteiger partial charge is 0.159 e. The number of rotatable bonds is 3. The molecule has 0 amide bonds. The first-order chi connectivity index (χ1) is 11.1. The van der Waals surface area contributed by atoms with E-state index in [1.165, 1.54) is 0 Å². The van der Waals surface area contributed by atoms with Gasteiger partial charge in [-0.25, -0.2) is 4.98 Å². The lowest BCUT2D eigenvalue weighted by molar-refractivity contribution is 0.101. The molecule has 0 spiro atoms. The number of carbonyl (C=O) groups excluding carboxylic acids is 1. The lowest BCUT2D eigenvalue weighted by Crippen LogP contribution is -1.97. The Balaban J connectivity index is 2.00. The van der Waals surface area contributed by atoms with E-state index >= 15 is 0 Å². The average Bonchev–Trinajstić information content (AvgIpc) is 2.55. The summed E-state index contributed by atoms with van der Waals surface area (Å²) in [7, 11) is 0. The molecule has 3 aromatic rings. The molecule has 1 N–H and O–H groups in total. The Morgan fingerprint density at radius 1 is 1.13 bits per heavy atom. The number of hydrogen-bond acceptors (Lipinski definition) is 4. The molecule has 4 heteroatoms. The largest absolute Gasteiger partial charge is 0.340 e. The molecule has 0 saturated carbocycles. The summed E-state index contributed by atoms with van der Waals surface area (Å²) in [6, 6.07) is 16.8. The number of benzene rings is 2. The molecule has 4 nitrogen and oxygen atoms in total. The van der Waals surface area contributed by atoms with Crippen LogP contribution in [0.25, 0.3) is 10.9 Å². The molecule has 0 bridgehead atoms. The van der Waals surface area contributed by atoms with E-state index in [-0.39, 0.29) is 5.78 Å². The van der Waals surface area contributed by atoms with Gasteiger partial charge in [0, 0.05) is 16.6 Å². The van der Waals surface area contributed by atoms with Crippen molar-refractivity contribution in [3.8, 4) is 6.07 Å². The number of hydrogen-bond donors (Lipinski definition) is 1. The monoisotopic (exact) mass is 301 g/mol. The van der Waals surface area contributed by atoms with E-state index in [9.17, 15) is 4.79 Å². The number of carbonyl (C=O) groups is 1. The number of ketones is 1. The van der Waals surface area contributed by atoms with Gasteiger partial charge in [0.05, 0.1) is 17.1 Å². The third kappa shape index (κ3) is 3.04. The molecule has 112 valence electrons. The SMILES string of the molecule is CC(=O)c1ccc2c(C)cc(Nc3ccc(C#N)cc3)nc2c1. The van der Waals surface area contributed by atoms with Crippen molar-refractivity contribution in [1.82, 2.24) is 4.98 Å². The molecule has 0 unspecified atom stereocenters. The highest BCUT2D eigenvalue weighted by Gasteiger charge is 2.06. The lowest BCUT2D eigenvalue weighted by atomic mass is 10.1. The molecule has 0 radical (unpaired) electrons. The number of aryl methyl sites for hydroxylation is 1. The second-order valence-electron chi connectivity index (χ2n) is 5.43. The quantitative estimate of drug-likeness (QED) is 0.730. The zero-order valence-electron chi connectivity index (χ0n) is 12.9. The van der Waals surface area contributed by atoms with E-state index in [0.717, 1.165) is 22.2 Å². The molecule has 23 heavy (non-hydrogen) atoms. The first-order valence-electron chi connectivity index (χ1n) is 7.26. The molecule has 0 aliphatic rings. The van der Waals surface area contributed by atoms with Gasteiger partial charge < -0.3 is 5.32 Å². The molecule has 3 rings (SSSR count). The van der Waals surface area contributed by atoms with Crippen LogP contribution in [0.1, 0.15) is 28.4 Å². The number of Topliss-reactive ketones (excluding diaryl/α,β-unsaturated/α-hetero) is 1. The van der Waals surface area contributed by atoms with E-state index in [1.807, 2.05) is 43.3 Å². The van der Waals surface area contributed by atoms with Crippen LogP contribution in [0.2, 0.25) is 0 Å². The van der Waals surface area contributed by atoms with Gasteiger partial charge in [-0.2, -0.15) is 5.26 Å². The van der Waals surface area contributed by atoms with Gasteiger partial charge in [0.25, 0.3) is 0 Å². The summed E-state index contributed by atoms with van der Waals surface area (Å²) in [5.41, 5.74) is 4.00. The Morgan fingerprint density at radius 3 is 2.52 bits per heavy atom. The topological polar surface area (TPSA) is 65.8 Å². The molecular formula is C19H15N3O. The molecule has 0 aliphatic heterocycles. The number of nitrogens with one attached hydrogen (secondary N) is 1. The first-order valence-corrected chi connectivity index (χ1v) is 7.26. The predicted molar refractivity (Wildman–Crippen MR) is 90.9 cm³/mol. The Kier molecular flexibility index (Phi) is 3.78. The van der Waals surface area contributed by atoms with Crippen LogP contribution in [0.4, 0.5) is 11.5 Å². The molecule has 2 aromatic carbocycles. The van der Waals surface area contributed by atoms with Gasteiger partial charge in [-0.05, 0) is 55.8 Å². The zero-order chi connectivity index (χ0) is 16.4. The molecule has 0 saturated heterocycles. The highest BCUT2D eigenvalue weighted by molar-refractivity contribution is 5.98. The van der Waals surface area contributed by atoms with Crippen molar-refractivity contribution in [3.05, 3.63) is 65.2 Å². The van der Waals surface area contributed by atoms with Crippen LogP contribution in [0.15, 0.2) is 48.5 Å². The molecule has 0 fully saturated rings. The van der Waals surface area contributed by atoms with Crippen molar-refractivity contribution in [2.24, 2.45) is 0 Å². The second-order valence-corrected chi connectivity index (χ2v) is 5.43. The number of fused-ring (bicyclic) bond motifs is 1. The van der Waals surface area contributed by atoms with Crippen LogP contribution in [0, 0.1) is 18.3 Å². The van der Waals surface area contributed by atoms with Gasteiger partial charge in [-0.3, -0.25) is 4.79 Å². The fraction of sp³-hybridized carbons (Fsp3) is 0.105. The van der Waals surface area contributed by atoms with Crippen LogP contribution in [-0.4, -0.2) is 10.8 Å². The Morgan fingerprint density at radius 2 is 1.87 bits per heavy atom. The highest BCUT2D eigenvalue weighted by Crippen LogP contribution is 2.24. The van der Waals surface area contributed by atoms with Crippen LogP contribution in [0.3, 0.4) is 0 Å². The second kappa shape index (κ2) is 5.90. The molecular weight excluding hydrogens is 286 g/mol. The maximum atomic E-state index is 11.5. The van der Waals surface area contributed by atoms with Crippen LogP contribution in [-0.2, 0) is 0 Å². The lowest BCUT2D eigenvalue weighted by Gasteiger charge is -2.10. The van der Waals surface area contributed by atoms with E-state index in [0.29, 0.717) is 16.9 Å². The summed E-state index contributed by atoms with van der Waals surface area (Å²) >= 11 is 0. The van der Waals surface area contributed by atoms with Crippen LogP contribution < -0.4 is 5.32 Å². The highest BCUT2D eigenvalue weighted by atomic mass is 16.1. The van der Waals surface area contributed by atoms with Crippen molar-refractivity contribution >= 4 is 28.2 Å². The van der Waals surface area contributed by atoms with Crippen molar-refractivity contribution < 1.29 is 4.79 Å². The van der Waals surface area contributed by atoms with E-state index in [1.54, 1.807) is 19.1 Å². The fourth-order valence-corrected chi connectivity index (χ4v) is 2.46. The summed E-state index contributed by atoms with van der Waals surface area (Å²) in [5.74, 6) is 0.734. The average molecular weight is 301 g/mol. The minimum atomic E-state index is 0.0248. The summed E-state index contributed by atoms with van der Waals surface area (Å²) in [6.07, 6.45) is 0. The van der Waals surface area contributed by atoms with Gasteiger partial charge in [-0.15, -0.1) is 0 Å². The van der Waals surface area contributed by atoms with Gasteiger partial charge in [-0.1, -0.05) is 12.1 Å². The van der Waals surface area contributed by atoms with E-state index in [2.05, 4.69) is 16.4 Å². The van der Waals surface area contributed by atoms with Crippen molar-refractivity contribution in [1.29, 1.82) is 5.26 Å². The van der Waals surface area contributed by atoms with Crippen molar-refractivity contribution in [3.63, 3.8) is 0 Å². The molecule has 0 aliphatic carbocycles. The molecule has 0 atom stereocenters. The maximum Gasteiger partial charge on any atom is 0.159 e. The minimum Gasteiger partial charge on any atom is -0.340 e. The van der Waals surface area contributed by atoms with Gasteiger partial charge >= 0.3 is 0 Å². The molecule has 1 heterocycles. The maximum absolute atomic E-state index is 11.5. The van der Waals surface area contributed by atoms with Crippen molar-refractivity contribution in [2.45, 2.75) is 13.8 Å². The molecule has 1 aromatic heterocycles. The van der Waals surface area contributed by atoms with Crippen molar-refractivity contribution in [2.75, 3.05) is 5.32 Å². The van der Waals surface area contributed by atoms with Crippen LogP contribution in [0.5, 0.6) is 0 Å².